The molecule has 0 radical (unpaired) electrons. The minimum atomic E-state index is -0.307. The molecule has 5 nitrogen and oxygen atoms in total. The molecule has 3 aromatic rings. The third-order valence-electron chi connectivity index (χ3n) is 5.79. The second-order valence-corrected chi connectivity index (χ2v) is 7.38. The minimum absolute atomic E-state index is 0. The van der Waals surface area contributed by atoms with Gasteiger partial charge >= 0.3 is 0 Å². The highest BCUT2D eigenvalue weighted by Crippen LogP contribution is 2.42. The number of halogens is 1. The molecule has 0 spiro atoms. The molecular formula is C25H29ClN2O3. The Morgan fingerprint density at radius 2 is 1.29 bits per heavy atom. The summed E-state index contributed by atoms with van der Waals surface area (Å²) in [6, 6.07) is 25.3. The second-order valence-electron chi connectivity index (χ2n) is 7.38. The first-order valence-corrected chi connectivity index (χ1v) is 10.1. The summed E-state index contributed by atoms with van der Waals surface area (Å²) in [4.78, 5) is 0. The Balaban J connectivity index is 0.00000272. The van der Waals surface area contributed by atoms with E-state index in [1.54, 1.807) is 21.3 Å². The lowest BCUT2D eigenvalue weighted by Gasteiger charge is -2.44. The van der Waals surface area contributed by atoms with Crippen molar-refractivity contribution in [3.63, 3.8) is 0 Å². The smallest absolute Gasteiger partial charge is 0.203 e. The van der Waals surface area contributed by atoms with Crippen molar-refractivity contribution in [2.24, 2.45) is 0 Å². The fourth-order valence-corrected chi connectivity index (χ4v) is 4.31. The van der Waals surface area contributed by atoms with Crippen LogP contribution in [-0.2, 0) is 5.54 Å². The number of rotatable bonds is 6. The van der Waals surface area contributed by atoms with Crippen LogP contribution in [0.15, 0.2) is 72.8 Å². The zero-order valence-electron chi connectivity index (χ0n) is 18.1. The molecule has 6 heteroatoms. The van der Waals surface area contributed by atoms with Gasteiger partial charge in [-0.25, -0.2) is 0 Å². The Kier molecular flexibility index (Phi) is 7.44. The second kappa shape index (κ2) is 10.1. The van der Waals surface area contributed by atoms with Crippen molar-refractivity contribution in [3.8, 4) is 17.2 Å². The molecule has 1 unspecified atom stereocenters. The number of benzene rings is 3. The summed E-state index contributed by atoms with van der Waals surface area (Å²) in [7, 11) is 4.90. The number of methoxy groups -OCH3 is 3. The van der Waals surface area contributed by atoms with Gasteiger partial charge in [0.05, 0.1) is 33.0 Å². The SMILES string of the molecule is COc1cc(C2NCCC(c3ccccc3)(c3ccccc3)N2)cc(OC)c1OC.Cl. The highest BCUT2D eigenvalue weighted by Gasteiger charge is 2.39. The minimum Gasteiger partial charge on any atom is -0.493 e. The monoisotopic (exact) mass is 440 g/mol. The summed E-state index contributed by atoms with van der Waals surface area (Å²) < 4.78 is 16.6. The van der Waals surface area contributed by atoms with Crippen LogP contribution in [0.2, 0.25) is 0 Å². The largest absolute Gasteiger partial charge is 0.493 e. The lowest BCUT2D eigenvalue weighted by molar-refractivity contribution is 0.233. The van der Waals surface area contributed by atoms with Gasteiger partial charge in [0.25, 0.3) is 0 Å². The summed E-state index contributed by atoms with van der Waals surface area (Å²) in [5.41, 5.74) is 3.21. The summed E-state index contributed by atoms with van der Waals surface area (Å²) in [5, 5.41) is 7.50. The molecule has 4 rings (SSSR count). The Hall–Kier alpha value is -2.73. The summed E-state index contributed by atoms with van der Waals surface area (Å²) in [6.07, 6.45) is 0.843. The summed E-state index contributed by atoms with van der Waals surface area (Å²) in [6.45, 7) is 0.859. The third kappa shape index (κ3) is 4.35. The van der Waals surface area contributed by atoms with E-state index < -0.39 is 0 Å². The van der Waals surface area contributed by atoms with E-state index in [9.17, 15) is 0 Å². The van der Waals surface area contributed by atoms with Gasteiger partial charge in [0.2, 0.25) is 5.75 Å². The van der Waals surface area contributed by atoms with Crippen molar-refractivity contribution in [3.05, 3.63) is 89.5 Å². The highest BCUT2D eigenvalue weighted by atomic mass is 35.5. The van der Waals surface area contributed by atoms with Crippen molar-refractivity contribution >= 4 is 12.4 Å². The van der Waals surface area contributed by atoms with Gasteiger partial charge in [0, 0.05) is 0 Å². The first-order chi connectivity index (χ1) is 14.7. The van der Waals surface area contributed by atoms with E-state index >= 15 is 0 Å². The van der Waals surface area contributed by atoms with Crippen molar-refractivity contribution < 1.29 is 14.2 Å². The van der Waals surface area contributed by atoms with Gasteiger partial charge in [0.1, 0.15) is 0 Å². The van der Waals surface area contributed by atoms with Crippen LogP contribution in [0.1, 0.15) is 29.3 Å². The topological polar surface area (TPSA) is 51.8 Å². The normalized spacial score (nSPS) is 17.3. The van der Waals surface area contributed by atoms with E-state index in [0.29, 0.717) is 17.2 Å². The fraction of sp³-hybridized carbons (Fsp3) is 0.280. The third-order valence-corrected chi connectivity index (χ3v) is 5.79. The predicted octanol–water partition coefficient (Wildman–Crippen LogP) is 4.66. The average molecular weight is 441 g/mol. The summed E-state index contributed by atoms with van der Waals surface area (Å²) >= 11 is 0. The predicted molar refractivity (Wildman–Crippen MR) is 126 cm³/mol. The van der Waals surface area contributed by atoms with Crippen LogP contribution in [0, 0.1) is 0 Å². The zero-order chi connectivity index (χ0) is 21.0. The van der Waals surface area contributed by atoms with Crippen LogP contribution in [0.4, 0.5) is 0 Å². The molecule has 1 aliphatic heterocycles. The average Bonchev–Trinajstić information content (AvgIpc) is 2.84. The van der Waals surface area contributed by atoms with Gasteiger partial charge in [-0.15, -0.1) is 12.4 Å². The van der Waals surface area contributed by atoms with E-state index in [-0.39, 0.29) is 24.1 Å². The quantitative estimate of drug-likeness (QED) is 0.583. The molecule has 2 N–H and O–H groups in total. The first kappa shape index (κ1) is 22.9. The Labute approximate surface area is 190 Å². The molecule has 0 aliphatic carbocycles. The fourth-order valence-electron chi connectivity index (χ4n) is 4.31. The molecule has 3 aromatic carbocycles. The van der Waals surface area contributed by atoms with Gasteiger partial charge in [-0.05, 0) is 41.8 Å². The van der Waals surface area contributed by atoms with E-state index in [0.717, 1.165) is 18.5 Å². The van der Waals surface area contributed by atoms with E-state index in [1.807, 2.05) is 12.1 Å². The summed E-state index contributed by atoms with van der Waals surface area (Å²) in [5.74, 6) is 1.88. The number of hydrogen-bond acceptors (Lipinski definition) is 5. The number of hydrogen-bond donors (Lipinski definition) is 2. The molecule has 1 saturated heterocycles. The van der Waals surface area contributed by atoms with Crippen LogP contribution in [0.3, 0.4) is 0 Å². The number of nitrogens with one attached hydrogen (secondary N) is 2. The van der Waals surface area contributed by atoms with Gasteiger partial charge in [-0.2, -0.15) is 0 Å². The number of ether oxygens (including phenoxy) is 3. The molecule has 164 valence electrons. The van der Waals surface area contributed by atoms with Gasteiger partial charge < -0.3 is 14.2 Å². The Bertz CT molecular complexity index is 918. The highest BCUT2D eigenvalue weighted by molar-refractivity contribution is 5.85. The van der Waals surface area contributed by atoms with Crippen LogP contribution in [0.25, 0.3) is 0 Å². The standard InChI is InChI=1S/C25H28N2O3.ClH/c1-28-21-16-18(17-22(29-2)23(21)30-3)24-26-15-14-25(27-24,19-10-6-4-7-11-19)20-12-8-5-9-13-20;/h4-13,16-17,24,26-27H,14-15H2,1-3H3;1H. The molecular weight excluding hydrogens is 412 g/mol. The maximum atomic E-state index is 5.57. The van der Waals surface area contributed by atoms with E-state index in [1.165, 1.54) is 11.1 Å². The molecule has 0 bridgehead atoms. The van der Waals surface area contributed by atoms with Gasteiger partial charge in [0.15, 0.2) is 11.5 Å². The van der Waals surface area contributed by atoms with Crippen molar-refractivity contribution in [2.75, 3.05) is 27.9 Å². The maximum absolute atomic E-state index is 5.57. The molecule has 1 atom stereocenters. The molecule has 0 saturated carbocycles. The molecule has 0 aromatic heterocycles. The van der Waals surface area contributed by atoms with Crippen LogP contribution < -0.4 is 24.8 Å². The van der Waals surface area contributed by atoms with Crippen molar-refractivity contribution in [1.82, 2.24) is 10.6 Å². The molecule has 1 heterocycles. The first-order valence-electron chi connectivity index (χ1n) is 10.1. The van der Waals surface area contributed by atoms with E-state index in [4.69, 9.17) is 14.2 Å². The Morgan fingerprint density at radius 1 is 0.774 bits per heavy atom. The lowest BCUT2D eigenvalue weighted by Crippen LogP contribution is -2.55. The molecule has 31 heavy (non-hydrogen) atoms. The molecule has 1 fully saturated rings. The lowest BCUT2D eigenvalue weighted by atomic mass is 9.78. The maximum Gasteiger partial charge on any atom is 0.203 e. The van der Waals surface area contributed by atoms with Gasteiger partial charge in [-0.1, -0.05) is 60.7 Å². The molecule has 1 aliphatic rings. The zero-order valence-corrected chi connectivity index (χ0v) is 18.9. The van der Waals surface area contributed by atoms with Crippen molar-refractivity contribution in [2.45, 2.75) is 18.1 Å². The van der Waals surface area contributed by atoms with Crippen LogP contribution >= 0.6 is 12.4 Å². The molecule has 0 amide bonds. The van der Waals surface area contributed by atoms with E-state index in [2.05, 4.69) is 71.3 Å². The van der Waals surface area contributed by atoms with Crippen LogP contribution in [0.5, 0.6) is 17.2 Å². The Morgan fingerprint density at radius 3 is 1.74 bits per heavy atom. The van der Waals surface area contributed by atoms with Gasteiger partial charge in [-0.3, -0.25) is 10.6 Å². The van der Waals surface area contributed by atoms with Crippen LogP contribution in [-0.4, -0.2) is 27.9 Å². The van der Waals surface area contributed by atoms with Crippen molar-refractivity contribution in [1.29, 1.82) is 0 Å².